The number of hydrogen-bond acceptors (Lipinski definition) is 4. The third kappa shape index (κ3) is 6.49. The van der Waals surface area contributed by atoms with E-state index < -0.39 is 11.9 Å². The third-order valence-corrected chi connectivity index (χ3v) is 1.41. The van der Waals surface area contributed by atoms with Crippen LogP contribution in [0.1, 0.15) is 27.2 Å². The maximum absolute atomic E-state index is 11.2. The minimum absolute atomic E-state index is 0.265. The lowest BCUT2D eigenvalue weighted by atomic mass is 10.3. The van der Waals surface area contributed by atoms with Crippen molar-refractivity contribution in [3.05, 3.63) is 24.0 Å². The fourth-order valence-electron chi connectivity index (χ4n) is 0.679. The Morgan fingerprint density at radius 3 is 2.53 bits per heavy atom. The highest BCUT2D eigenvalue weighted by atomic mass is 16.5. The van der Waals surface area contributed by atoms with Gasteiger partial charge in [0.2, 0.25) is 0 Å². The summed E-state index contributed by atoms with van der Waals surface area (Å²) in [7, 11) is 0. The molecule has 0 fully saturated rings. The normalized spacial score (nSPS) is 11.5. The maximum atomic E-state index is 11.2. The van der Waals surface area contributed by atoms with Crippen LogP contribution < -0.4 is 0 Å². The first-order valence-corrected chi connectivity index (χ1v) is 4.79. The summed E-state index contributed by atoms with van der Waals surface area (Å²) in [5.74, 6) is -0.981. The molecule has 0 rings (SSSR count). The molecular weight excluding hydrogens is 196 g/mol. The van der Waals surface area contributed by atoms with E-state index in [1.54, 1.807) is 13.0 Å². The smallest absolute Gasteiger partial charge is 0.336 e. The van der Waals surface area contributed by atoms with Crippen LogP contribution in [0.2, 0.25) is 0 Å². The molecule has 0 atom stereocenters. The van der Waals surface area contributed by atoms with Crippen molar-refractivity contribution in [1.29, 1.82) is 0 Å². The van der Waals surface area contributed by atoms with Gasteiger partial charge in [-0.05, 0) is 20.3 Å². The van der Waals surface area contributed by atoms with E-state index in [0.29, 0.717) is 6.61 Å². The molecular formula is C11H16O4. The standard InChI is InChI=1S/C11H16O4/c1-4-6-10(12)15-8-9(3)11(13)14-7-5-2/h4,6,8H,5,7H2,1-3H3. The summed E-state index contributed by atoms with van der Waals surface area (Å²) in [5, 5.41) is 0. The van der Waals surface area contributed by atoms with Crippen LogP contribution in [-0.2, 0) is 19.1 Å². The number of allylic oxidation sites excluding steroid dienone is 1. The number of rotatable bonds is 5. The first-order chi connectivity index (χ1) is 7.11. The Bertz CT molecular complexity index is 276. The minimum Gasteiger partial charge on any atom is -0.462 e. The second-order valence-corrected chi connectivity index (χ2v) is 2.87. The molecule has 0 unspecified atom stereocenters. The van der Waals surface area contributed by atoms with Gasteiger partial charge in [-0.2, -0.15) is 0 Å². The highest BCUT2D eigenvalue weighted by Crippen LogP contribution is 1.98. The Hall–Kier alpha value is -1.58. The van der Waals surface area contributed by atoms with Gasteiger partial charge in [0.1, 0.15) is 6.26 Å². The van der Waals surface area contributed by atoms with Gasteiger partial charge in [-0.25, -0.2) is 9.59 Å². The number of ether oxygens (including phenoxy) is 2. The first kappa shape index (κ1) is 13.4. The van der Waals surface area contributed by atoms with Gasteiger partial charge >= 0.3 is 11.9 Å². The lowest BCUT2D eigenvalue weighted by molar-refractivity contribution is -0.139. The molecule has 0 N–H and O–H groups in total. The van der Waals surface area contributed by atoms with Crippen LogP contribution in [-0.4, -0.2) is 18.5 Å². The summed E-state index contributed by atoms with van der Waals surface area (Å²) in [6.07, 6.45) is 4.68. The third-order valence-electron chi connectivity index (χ3n) is 1.41. The van der Waals surface area contributed by atoms with E-state index in [4.69, 9.17) is 4.74 Å². The Morgan fingerprint density at radius 1 is 1.33 bits per heavy atom. The average molecular weight is 212 g/mol. The van der Waals surface area contributed by atoms with Crippen LogP contribution in [0.25, 0.3) is 0 Å². The van der Waals surface area contributed by atoms with Gasteiger partial charge in [0.15, 0.2) is 0 Å². The van der Waals surface area contributed by atoms with E-state index in [0.717, 1.165) is 12.7 Å². The predicted molar refractivity (Wildman–Crippen MR) is 55.9 cm³/mol. The molecule has 0 radical (unpaired) electrons. The molecule has 0 aliphatic carbocycles. The molecule has 0 amide bonds. The first-order valence-electron chi connectivity index (χ1n) is 4.79. The highest BCUT2D eigenvalue weighted by Gasteiger charge is 2.05. The SMILES string of the molecule is CC=CC(=O)OC=C(C)C(=O)OCCC. The predicted octanol–water partition coefficient (Wildman–Crippen LogP) is 1.96. The molecule has 4 nitrogen and oxygen atoms in total. The van der Waals surface area contributed by atoms with Crippen LogP contribution in [0, 0.1) is 0 Å². The topological polar surface area (TPSA) is 52.6 Å². The minimum atomic E-state index is -0.514. The Morgan fingerprint density at radius 2 is 2.00 bits per heavy atom. The van der Waals surface area contributed by atoms with E-state index in [2.05, 4.69) is 4.74 Å². The number of esters is 2. The number of hydrogen-bond donors (Lipinski definition) is 0. The van der Waals surface area contributed by atoms with Gasteiger partial charge in [-0.1, -0.05) is 13.0 Å². The number of carbonyl (C=O) groups excluding carboxylic acids is 2. The van der Waals surface area contributed by atoms with Gasteiger partial charge in [-0.15, -0.1) is 0 Å². The molecule has 0 saturated heterocycles. The zero-order valence-electron chi connectivity index (χ0n) is 9.28. The van der Waals surface area contributed by atoms with Crippen molar-refractivity contribution in [2.45, 2.75) is 27.2 Å². The molecule has 0 aromatic rings. The molecule has 0 aromatic heterocycles. The summed E-state index contributed by atoms with van der Waals surface area (Å²) in [6, 6.07) is 0. The van der Waals surface area contributed by atoms with Crippen molar-refractivity contribution in [3.63, 3.8) is 0 Å². The van der Waals surface area contributed by atoms with E-state index in [9.17, 15) is 9.59 Å². The van der Waals surface area contributed by atoms with Crippen LogP contribution in [0.3, 0.4) is 0 Å². The molecule has 0 spiro atoms. The fraction of sp³-hybridized carbons (Fsp3) is 0.455. The summed E-state index contributed by atoms with van der Waals surface area (Å²) < 4.78 is 9.49. The van der Waals surface area contributed by atoms with Gasteiger partial charge in [-0.3, -0.25) is 0 Å². The van der Waals surface area contributed by atoms with Crippen LogP contribution in [0.4, 0.5) is 0 Å². The van der Waals surface area contributed by atoms with Gasteiger partial charge in [0, 0.05) is 6.08 Å². The van der Waals surface area contributed by atoms with E-state index in [-0.39, 0.29) is 5.57 Å². The summed E-state index contributed by atoms with van der Waals surface area (Å²) >= 11 is 0. The van der Waals surface area contributed by atoms with Crippen LogP contribution in [0.5, 0.6) is 0 Å². The Labute approximate surface area is 89.6 Å². The second kappa shape index (κ2) is 7.79. The molecule has 84 valence electrons. The lowest BCUT2D eigenvalue weighted by Crippen LogP contribution is -2.07. The molecule has 0 aliphatic heterocycles. The second-order valence-electron chi connectivity index (χ2n) is 2.87. The highest BCUT2D eigenvalue weighted by molar-refractivity contribution is 5.88. The fourth-order valence-corrected chi connectivity index (χ4v) is 0.679. The van der Waals surface area contributed by atoms with E-state index in [1.807, 2.05) is 6.92 Å². The van der Waals surface area contributed by atoms with Gasteiger partial charge in [0.25, 0.3) is 0 Å². The molecule has 0 heterocycles. The molecule has 0 bridgehead atoms. The zero-order chi connectivity index (χ0) is 11.7. The summed E-state index contributed by atoms with van der Waals surface area (Å²) in [5.41, 5.74) is 0.265. The van der Waals surface area contributed by atoms with Crippen molar-refractivity contribution in [2.75, 3.05) is 6.61 Å². The molecule has 4 heteroatoms. The summed E-state index contributed by atoms with van der Waals surface area (Å²) in [4.78, 5) is 22.1. The quantitative estimate of drug-likeness (QED) is 0.397. The summed E-state index contributed by atoms with van der Waals surface area (Å²) in [6.45, 7) is 5.50. The molecule has 0 saturated carbocycles. The van der Waals surface area contributed by atoms with E-state index >= 15 is 0 Å². The van der Waals surface area contributed by atoms with Crippen LogP contribution >= 0.6 is 0 Å². The zero-order valence-corrected chi connectivity index (χ0v) is 9.28. The van der Waals surface area contributed by atoms with Gasteiger partial charge < -0.3 is 9.47 Å². The van der Waals surface area contributed by atoms with Crippen LogP contribution in [0.15, 0.2) is 24.0 Å². The Balaban J connectivity index is 4.07. The van der Waals surface area contributed by atoms with E-state index in [1.165, 1.54) is 13.0 Å². The number of carbonyl (C=O) groups is 2. The lowest BCUT2D eigenvalue weighted by Gasteiger charge is -2.02. The largest absolute Gasteiger partial charge is 0.462 e. The van der Waals surface area contributed by atoms with Gasteiger partial charge in [0.05, 0.1) is 12.2 Å². The van der Waals surface area contributed by atoms with Crippen molar-refractivity contribution in [2.24, 2.45) is 0 Å². The molecule has 0 aliphatic rings. The molecule has 15 heavy (non-hydrogen) atoms. The van der Waals surface area contributed by atoms with Crippen molar-refractivity contribution in [1.82, 2.24) is 0 Å². The van der Waals surface area contributed by atoms with Crippen molar-refractivity contribution in [3.8, 4) is 0 Å². The Kier molecular flexibility index (Phi) is 6.97. The maximum Gasteiger partial charge on any atom is 0.336 e. The molecule has 0 aromatic carbocycles. The average Bonchev–Trinajstić information content (AvgIpc) is 2.22. The van der Waals surface area contributed by atoms with Crippen molar-refractivity contribution < 1.29 is 19.1 Å². The van der Waals surface area contributed by atoms with Crippen molar-refractivity contribution >= 4 is 11.9 Å². The monoisotopic (exact) mass is 212 g/mol.